The van der Waals surface area contributed by atoms with E-state index in [4.69, 9.17) is 23.7 Å². The first-order chi connectivity index (χ1) is 17.0. The molecule has 8 heteroatoms. The van der Waals surface area contributed by atoms with Gasteiger partial charge in [-0.15, -0.1) is 0 Å². The molecule has 0 aliphatic carbocycles. The molecule has 35 heavy (non-hydrogen) atoms. The van der Waals surface area contributed by atoms with E-state index in [1.54, 1.807) is 39.5 Å². The highest BCUT2D eigenvalue weighted by molar-refractivity contribution is 5.49. The van der Waals surface area contributed by atoms with Crippen LogP contribution in [0.15, 0.2) is 30.3 Å². The van der Waals surface area contributed by atoms with Crippen LogP contribution in [0.4, 0.5) is 0 Å². The number of fused-ring (bicyclic) bond motifs is 2. The van der Waals surface area contributed by atoms with E-state index in [1.807, 2.05) is 12.1 Å². The maximum Gasteiger partial charge on any atom is 0.126 e. The van der Waals surface area contributed by atoms with Crippen molar-refractivity contribution < 1.29 is 39.0 Å². The Morgan fingerprint density at radius 2 is 1.74 bits per heavy atom. The Morgan fingerprint density at radius 3 is 2.46 bits per heavy atom. The van der Waals surface area contributed by atoms with Crippen LogP contribution in [0, 0.1) is 11.8 Å². The van der Waals surface area contributed by atoms with Crippen LogP contribution in [-0.4, -0.2) is 62.6 Å². The number of hydrogen-bond donors (Lipinski definition) is 3. The van der Waals surface area contributed by atoms with Gasteiger partial charge in [0.1, 0.15) is 29.1 Å². The molecule has 0 saturated carbocycles. The molecule has 192 valence electrons. The monoisotopic (exact) mass is 488 g/mol. The fraction of sp³-hybridized carbons (Fsp3) is 0.556. The lowest BCUT2D eigenvalue weighted by Crippen LogP contribution is -2.46. The summed E-state index contributed by atoms with van der Waals surface area (Å²) < 4.78 is 28.7. The second kappa shape index (κ2) is 11.5. The molecule has 4 rings (SSSR count). The molecule has 2 heterocycles. The van der Waals surface area contributed by atoms with Crippen LogP contribution in [0.3, 0.4) is 0 Å². The predicted octanol–water partition coefficient (Wildman–Crippen LogP) is 3.21. The van der Waals surface area contributed by atoms with E-state index in [9.17, 15) is 15.3 Å². The molecule has 2 aliphatic rings. The summed E-state index contributed by atoms with van der Waals surface area (Å²) in [4.78, 5) is 0. The summed E-state index contributed by atoms with van der Waals surface area (Å²) in [6.07, 6.45) is 0.561. The summed E-state index contributed by atoms with van der Waals surface area (Å²) in [5.74, 6) is 1.69. The molecule has 0 spiro atoms. The van der Waals surface area contributed by atoms with E-state index in [-0.39, 0.29) is 19.3 Å². The molecule has 0 saturated heterocycles. The molecule has 0 amide bonds. The van der Waals surface area contributed by atoms with Crippen molar-refractivity contribution in [2.75, 3.05) is 41.2 Å². The van der Waals surface area contributed by atoms with E-state index >= 15 is 0 Å². The third-order valence-electron chi connectivity index (χ3n) is 7.11. The van der Waals surface area contributed by atoms with Crippen molar-refractivity contribution in [3.8, 4) is 23.0 Å². The van der Waals surface area contributed by atoms with Crippen molar-refractivity contribution in [1.29, 1.82) is 0 Å². The van der Waals surface area contributed by atoms with Gasteiger partial charge in [0.15, 0.2) is 0 Å². The molecule has 0 fully saturated rings. The Morgan fingerprint density at radius 1 is 0.943 bits per heavy atom. The Hall–Kier alpha value is -2.52. The topological polar surface area (TPSA) is 107 Å². The van der Waals surface area contributed by atoms with Crippen molar-refractivity contribution >= 4 is 0 Å². The summed E-state index contributed by atoms with van der Waals surface area (Å²) in [5, 5.41) is 32.3. The minimum atomic E-state index is -0.887. The number of aliphatic hydroxyl groups is 3. The largest absolute Gasteiger partial charge is 0.497 e. The van der Waals surface area contributed by atoms with Gasteiger partial charge in [0, 0.05) is 43.3 Å². The van der Waals surface area contributed by atoms with Crippen LogP contribution in [0.2, 0.25) is 0 Å². The lowest BCUT2D eigenvalue weighted by molar-refractivity contribution is -0.0888. The molecule has 0 aromatic heterocycles. The molecular formula is C27H36O8. The molecule has 2 aromatic carbocycles. The van der Waals surface area contributed by atoms with Crippen LogP contribution in [0.25, 0.3) is 0 Å². The lowest BCUT2D eigenvalue weighted by atomic mass is 9.73. The number of rotatable bonds is 10. The molecule has 0 radical (unpaired) electrons. The van der Waals surface area contributed by atoms with Crippen molar-refractivity contribution in [2.24, 2.45) is 11.8 Å². The van der Waals surface area contributed by atoms with Gasteiger partial charge in [0.25, 0.3) is 0 Å². The summed E-state index contributed by atoms with van der Waals surface area (Å²) in [6.45, 7) is 0.911. The van der Waals surface area contributed by atoms with Gasteiger partial charge in [-0.1, -0.05) is 0 Å². The van der Waals surface area contributed by atoms with Crippen LogP contribution in [-0.2, 0) is 11.2 Å². The van der Waals surface area contributed by atoms with Crippen molar-refractivity contribution in [1.82, 2.24) is 0 Å². The number of benzene rings is 2. The molecule has 3 N–H and O–H groups in total. The summed E-state index contributed by atoms with van der Waals surface area (Å²) in [6, 6.07) is 9.10. The molecule has 2 aromatic rings. The minimum Gasteiger partial charge on any atom is -0.497 e. The van der Waals surface area contributed by atoms with Gasteiger partial charge in [0.05, 0.1) is 33.0 Å². The molecular weight excluding hydrogens is 452 g/mol. The highest BCUT2D eigenvalue weighted by atomic mass is 16.5. The summed E-state index contributed by atoms with van der Waals surface area (Å²) in [5.41, 5.74) is 2.20. The van der Waals surface area contributed by atoms with Gasteiger partial charge >= 0.3 is 0 Å². The zero-order chi connectivity index (χ0) is 24.9. The Bertz CT molecular complexity index is 993. The summed E-state index contributed by atoms with van der Waals surface area (Å²) >= 11 is 0. The average molecular weight is 489 g/mol. The Kier molecular flexibility index (Phi) is 8.38. The van der Waals surface area contributed by atoms with Gasteiger partial charge in [-0.2, -0.15) is 0 Å². The quantitative estimate of drug-likeness (QED) is 0.438. The van der Waals surface area contributed by atoms with Crippen LogP contribution in [0.1, 0.15) is 48.2 Å². The first-order valence-corrected chi connectivity index (χ1v) is 12.2. The van der Waals surface area contributed by atoms with E-state index in [1.165, 1.54) is 0 Å². The highest BCUT2D eigenvalue weighted by Gasteiger charge is 2.47. The lowest BCUT2D eigenvalue weighted by Gasteiger charge is -2.44. The van der Waals surface area contributed by atoms with Gasteiger partial charge < -0.3 is 39.0 Å². The van der Waals surface area contributed by atoms with Crippen LogP contribution < -0.4 is 18.9 Å². The second-order valence-electron chi connectivity index (χ2n) is 9.17. The number of aliphatic hydroxyl groups excluding tert-OH is 3. The molecule has 8 nitrogen and oxygen atoms in total. The van der Waals surface area contributed by atoms with Crippen molar-refractivity contribution in [3.05, 3.63) is 47.0 Å². The maximum absolute atomic E-state index is 11.7. The average Bonchev–Trinajstić information content (AvgIpc) is 2.88. The maximum atomic E-state index is 11.7. The molecule has 5 atom stereocenters. The van der Waals surface area contributed by atoms with Crippen LogP contribution >= 0.6 is 0 Å². The number of hydrogen-bond acceptors (Lipinski definition) is 8. The second-order valence-corrected chi connectivity index (χ2v) is 9.17. The predicted molar refractivity (Wildman–Crippen MR) is 129 cm³/mol. The zero-order valence-corrected chi connectivity index (χ0v) is 20.6. The Labute approximate surface area is 206 Å². The van der Waals surface area contributed by atoms with Crippen LogP contribution in [0.5, 0.6) is 23.0 Å². The molecule has 0 unspecified atom stereocenters. The standard InChI is InChI=1S/C27H36O8/c1-31-11-5-7-22-25(20-15-34-21-9-8-17(32-2)13-18(21)26(20)29)27(30)19-14-23(33-3)16(6-4-10-28)12-24(19)35-22/h8-9,12-14,20,22,25-30H,4-7,10-11,15H2,1-3H3/t20-,22-,25+,26+,27-/m0/s1. The molecule has 2 aliphatic heterocycles. The fourth-order valence-electron chi connectivity index (χ4n) is 5.29. The Balaban J connectivity index is 1.69. The third kappa shape index (κ3) is 5.21. The van der Waals surface area contributed by atoms with Gasteiger partial charge in [-0.05, 0) is 61.6 Å². The first kappa shape index (κ1) is 25.6. The van der Waals surface area contributed by atoms with Crippen molar-refractivity contribution in [3.63, 3.8) is 0 Å². The van der Waals surface area contributed by atoms with E-state index in [0.717, 1.165) is 12.0 Å². The summed E-state index contributed by atoms with van der Waals surface area (Å²) in [7, 11) is 4.83. The van der Waals surface area contributed by atoms with E-state index in [2.05, 4.69) is 0 Å². The van der Waals surface area contributed by atoms with Gasteiger partial charge in [-0.3, -0.25) is 0 Å². The first-order valence-electron chi connectivity index (χ1n) is 12.2. The zero-order valence-electron chi connectivity index (χ0n) is 20.6. The van der Waals surface area contributed by atoms with E-state index < -0.39 is 24.0 Å². The number of ether oxygens (including phenoxy) is 5. The fourth-order valence-corrected chi connectivity index (χ4v) is 5.29. The normalized spacial score (nSPS) is 25.1. The van der Waals surface area contributed by atoms with Gasteiger partial charge in [0.2, 0.25) is 0 Å². The smallest absolute Gasteiger partial charge is 0.126 e. The minimum absolute atomic E-state index is 0.0806. The number of methoxy groups -OCH3 is 3. The van der Waals surface area contributed by atoms with Crippen molar-refractivity contribution in [2.45, 2.75) is 44.0 Å². The van der Waals surface area contributed by atoms with E-state index in [0.29, 0.717) is 60.0 Å². The third-order valence-corrected chi connectivity index (χ3v) is 7.11. The molecule has 0 bridgehead atoms. The number of aryl methyl sites for hydroxylation is 1. The SMILES string of the molecule is COCCC[C@@H]1Oc2cc(CCCO)c(OC)cc2[C@H](O)[C@@H]1[C@@H]1COc2ccc(OC)cc2[C@H]1O. The van der Waals surface area contributed by atoms with Gasteiger partial charge in [-0.25, -0.2) is 0 Å². The highest BCUT2D eigenvalue weighted by Crippen LogP contribution is 2.50.